The number of alkyl halides is 2. The van der Waals surface area contributed by atoms with Crippen LogP contribution in [0.1, 0.15) is 24.8 Å². The summed E-state index contributed by atoms with van der Waals surface area (Å²) in [4.78, 5) is 14.4. The third-order valence-electron chi connectivity index (χ3n) is 4.95. The standard InChI is InChI=1S/C18H25F2N3O.2ClH/c19-18(20)10-16(22-13-18)17(24)21-11-14-6-8-23(9-7-14)12-15-4-2-1-3-5-15;;/h1-5,14,16,22H,6-13H2,(H,21,24);2*1H. The summed E-state index contributed by atoms with van der Waals surface area (Å²) in [5.41, 5.74) is 1.32. The fourth-order valence-corrected chi connectivity index (χ4v) is 3.46. The van der Waals surface area contributed by atoms with Crippen molar-refractivity contribution in [3.8, 4) is 0 Å². The minimum atomic E-state index is -2.76. The van der Waals surface area contributed by atoms with Crippen LogP contribution in [0.3, 0.4) is 0 Å². The zero-order chi connectivity index (χ0) is 17.0. The van der Waals surface area contributed by atoms with Crippen LogP contribution in [0.4, 0.5) is 8.78 Å². The molecule has 26 heavy (non-hydrogen) atoms. The quantitative estimate of drug-likeness (QED) is 0.785. The Morgan fingerprint density at radius 1 is 1.19 bits per heavy atom. The van der Waals surface area contributed by atoms with Gasteiger partial charge in [0.25, 0.3) is 5.92 Å². The molecule has 148 valence electrons. The normalized spacial score (nSPS) is 22.9. The van der Waals surface area contributed by atoms with Crippen molar-refractivity contribution in [3.05, 3.63) is 35.9 Å². The molecule has 0 aliphatic carbocycles. The third-order valence-corrected chi connectivity index (χ3v) is 4.95. The Morgan fingerprint density at radius 2 is 1.85 bits per heavy atom. The Balaban J connectivity index is 0.00000169. The van der Waals surface area contributed by atoms with Gasteiger partial charge in [-0.15, -0.1) is 24.8 Å². The molecule has 0 radical (unpaired) electrons. The molecule has 4 nitrogen and oxygen atoms in total. The molecule has 2 heterocycles. The zero-order valence-corrected chi connectivity index (χ0v) is 16.3. The molecule has 0 bridgehead atoms. The average Bonchev–Trinajstić information content (AvgIpc) is 2.95. The van der Waals surface area contributed by atoms with Crippen LogP contribution in [0.5, 0.6) is 0 Å². The lowest BCUT2D eigenvalue weighted by Crippen LogP contribution is -2.44. The molecule has 2 aliphatic rings. The summed E-state index contributed by atoms with van der Waals surface area (Å²) < 4.78 is 26.2. The van der Waals surface area contributed by atoms with Gasteiger partial charge in [0, 0.05) is 19.5 Å². The van der Waals surface area contributed by atoms with Gasteiger partial charge in [-0.05, 0) is 37.4 Å². The number of hydrogen-bond donors (Lipinski definition) is 2. The highest BCUT2D eigenvalue weighted by atomic mass is 35.5. The van der Waals surface area contributed by atoms with Gasteiger partial charge in [-0.25, -0.2) is 8.78 Å². The van der Waals surface area contributed by atoms with Crippen LogP contribution in [-0.2, 0) is 11.3 Å². The van der Waals surface area contributed by atoms with Crippen LogP contribution in [-0.4, -0.2) is 49.0 Å². The highest BCUT2D eigenvalue weighted by Gasteiger charge is 2.42. The Morgan fingerprint density at radius 3 is 2.42 bits per heavy atom. The van der Waals surface area contributed by atoms with Crippen molar-refractivity contribution in [3.63, 3.8) is 0 Å². The molecule has 3 rings (SSSR count). The number of halogens is 4. The molecule has 1 aromatic rings. The molecule has 1 atom stereocenters. The summed E-state index contributed by atoms with van der Waals surface area (Å²) in [6.07, 6.45) is 1.66. The molecule has 2 fully saturated rings. The monoisotopic (exact) mass is 409 g/mol. The second kappa shape index (κ2) is 10.4. The van der Waals surface area contributed by atoms with Crippen LogP contribution in [0, 0.1) is 5.92 Å². The minimum Gasteiger partial charge on any atom is -0.354 e. The van der Waals surface area contributed by atoms with Gasteiger partial charge in [0.1, 0.15) is 0 Å². The van der Waals surface area contributed by atoms with E-state index in [1.807, 2.05) is 6.07 Å². The van der Waals surface area contributed by atoms with Gasteiger partial charge in [-0.3, -0.25) is 15.0 Å². The lowest BCUT2D eigenvalue weighted by atomic mass is 9.96. The van der Waals surface area contributed by atoms with Crippen molar-refractivity contribution < 1.29 is 13.6 Å². The van der Waals surface area contributed by atoms with E-state index >= 15 is 0 Å². The fourth-order valence-electron chi connectivity index (χ4n) is 3.46. The first-order valence-corrected chi connectivity index (χ1v) is 8.67. The van der Waals surface area contributed by atoms with Crippen molar-refractivity contribution in [1.29, 1.82) is 0 Å². The Labute approximate surface area is 165 Å². The summed E-state index contributed by atoms with van der Waals surface area (Å²) >= 11 is 0. The predicted octanol–water partition coefficient (Wildman–Crippen LogP) is 2.86. The molecule has 0 saturated carbocycles. The Hall–Kier alpha value is -0.950. The number of carbonyl (C=O) groups is 1. The molecule has 1 aromatic carbocycles. The summed E-state index contributed by atoms with van der Waals surface area (Å²) in [7, 11) is 0. The third kappa shape index (κ3) is 6.65. The molecule has 2 aliphatic heterocycles. The molecule has 0 aromatic heterocycles. The highest BCUT2D eigenvalue weighted by Crippen LogP contribution is 2.25. The summed E-state index contributed by atoms with van der Waals surface area (Å²) in [6, 6.07) is 9.65. The molecule has 8 heteroatoms. The molecule has 1 amide bonds. The zero-order valence-electron chi connectivity index (χ0n) is 14.6. The summed E-state index contributed by atoms with van der Waals surface area (Å²) in [5, 5.41) is 5.44. The van der Waals surface area contributed by atoms with Crippen LogP contribution < -0.4 is 10.6 Å². The topological polar surface area (TPSA) is 44.4 Å². The number of nitrogens with one attached hydrogen (secondary N) is 2. The molecule has 1 unspecified atom stereocenters. The first-order valence-electron chi connectivity index (χ1n) is 8.67. The van der Waals surface area contributed by atoms with Gasteiger partial charge in [0.15, 0.2) is 0 Å². The summed E-state index contributed by atoms with van der Waals surface area (Å²) in [6.45, 7) is 3.16. The number of hydrogen-bond acceptors (Lipinski definition) is 3. The molecular formula is C18H27Cl2F2N3O. The van der Waals surface area contributed by atoms with Crippen LogP contribution >= 0.6 is 24.8 Å². The maximum atomic E-state index is 13.1. The van der Waals surface area contributed by atoms with Crippen molar-refractivity contribution in [1.82, 2.24) is 15.5 Å². The largest absolute Gasteiger partial charge is 0.354 e. The average molecular weight is 410 g/mol. The van der Waals surface area contributed by atoms with E-state index < -0.39 is 24.9 Å². The second-order valence-electron chi connectivity index (χ2n) is 6.94. The van der Waals surface area contributed by atoms with Gasteiger partial charge in [-0.1, -0.05) is 30.3 Å². The number of nitrogens with zero attached hydrogens (tertiary/aromatic N) is 1. The molecule has 0 spiro atoms. The predicted molar refractivity (Wildman–Crippen MR) is 103 cm³/mol. The van der Waals surface area contributed by atoms with E-state index in [-0.39, 0.29) is 30.7 Å². The fraction of sp³-hybridized carbons (Fsp3) is 0.611. The van der Waals surface area contributed by atoms with Gasteiger partial charge in [-0.2, -0.15) is 0 Å². The van der Waals surface area contributed by atoms with E-state index in [1.54, 1.807) is 0 Å². The van der Waals surface area contributed by atoms with Crippen LogP contribution in [0.2, 0.25) is 0 Å². The lowest BCUT2D eigenvalue weighted by molar-refractivity contribution is -0.123. The Kier molecular flexibility index (Phi) is 9.24. The molecule has 2 N–H and O–H groups in total. The van der Waals surface area contributed by atoms with Crippen molar-refractivity contribution in [2.24, 2.45) is 5.92 Å². The van der Waals surface area contributed by atoms with Crippen LogP contribution in [0.25, 0.3) is 0 Å². The maximum Gasteiger partial charge on any atom is 0.262 e. The maximum absolute atomic E-state index is 13.1. The van der Waals surface area contributed by atoms with E-state index in [9.17, 15) is 13.6 Å². The van der Waals surface area contributed by atoms with E-state index in [0.717, 1.165) is 32.5 Å². The minimum absolute atomic E-state index is 0. The molecular weight excluding hydrogens is 383 g/mol. The van der Waals surface area contributed by atoms with E-state index in [0.29, 0.717) is 12.5 Å². The van der Waals surface area contributed by atoms with Gasteiger partial charge in [0.2, 0.25) is 5.91 Å². The lowest BCUT2D eigenvalue weighted by Gasteiger charge is -2.32. The number of likely N-dealkylation sites (tertiary alicyclic amines) is 1. The summed E-state index contributed by atoms with van der Waals surface area (Å²) in [5.74, 6) is -2.62. The molecule has 2 saturated heterocycles. The SMILES string of the molecule is Cl.Cl.O=C(NCC1CCN(Cc2ccccc2)CC1)C1CC(F)(F)CN1. The van der Waals surface area contributed by atoms with E-state index in [2.05, 4.69) is 39.8 Å². The van der Waals surface area contributed by atoms with Crippen LogP contribution in [0.15, 0.2) is 30.3 Å². The van der Waals surface area contributed by atoms with Gasteiger partial charge < -0.3 is 5.32 Å². The first-order chi connectivity index (χ1) is 11.5. The van der Waals surface area contributed by atoms with Crippen molar-refractivity contribution >= 4 is 30.7 Å². The second-order valence-corrected chi connectivity index (χ2v) is 6.94. The Bertz CT molecular complexity index is 555. The number of benzene rings is 1. The van der Waals surface area contributed by atoms with E-state index in [1.165, 1.54) is 5.56 Å². The smallest absolute Gasteiger partial charge is 0.262 e. The van der Waals surface area contributed by atoms with Gasteiger partial charge in [0.05, 0.1) is 12.6 Å². The number of piperidine rings is 1. The van der Waals surface area contributed by atoms with Gasteiger partial charge >= 0.3 is 0 Å². The van der Waals surface area contributed by atoms with E-state index in [4.69, 9.17) is 0 Å². The van der Waals surface area contributed by atoms with Crippen molar-refractivity contribution in [2.45, 2.75) is 37.8 Å². The number of carbonyl (C=O) groups excluding carboxylic acids is 1. The highest BCUT2D eigenvalue weighted by molar-refractivity contribution is 5.85. The number of rotatable bonds is 5. The van der Waals surface area contributed by atoms with Crippen molar-refractivity contribution in [2.75, 3.05) is 26.2 Å². The number of amides is 1. The first kappa shape index (κ1) is 23.1.